The smallest absolute Gasteiger partial charge is 0.294 e. The van der Waals surface area contributed by atoms with Crippen LogP contribution in [0.5, 0.6) is 17.2 Å². The van der Waals surface area contributed by atoms with Gasteiger partial charge < -0.3 is 19.5 Å². The van der Waals surface area contributed by atoms with Gasteiger partial charge in [-0.15, -0.1) is 0 Å². The third-order valence-corrected chi connectivity index (χ3v) is 5.76. The highest BCUT2D eigenvalue weighted by atomic mass is 79.9. The summed E-state index contributed by atoms with van der Waals surface area (Å²) in [5.41, 5.74) is 1.09. The first-order valence-corrected chi connectivity index (χ1v) is 10.6. The van der Waals surface area contributed by atoms with Gasteiger partial charge in [0.25, 0.3) is 11.1 Å². The first-order chi connectivity index (χ1) is 14.9. The number of hydrogen-bond donors (Lipinski definition) is 1. The van der Waals surface area contributed by atoms with Crippen molar-refractivity contribution in [3.05, 3.63) is 51.3 Å². The molecule has 0 saturated carbocycles. The second kappa shape index (κ2) is 9.88. The molecule has 0 aliphatic carbocycles. The first kappa shape index (κ1) is 22.7. The van der Waals surface area contributed by atoms with E-state index in [0.717, 1.165) is 21.1 Å². The normalized spacial score (nSPS) is 14.7. The SMILES string of the molecule is COc1cc(OC)c(OC)cc1/C=C1/SC(=O)N(CC(=O)Nc2ccc(Br)cc2)C1=O. The van der Waals surface area contributed by atoms with Crippen molar-refractivity contribution in [1.82, 2.24) is 4.90 Å². The van der Waals surface area contributed by atoms with Crippen molar-refractivity contribution in [2.45, 2.75) is 0 Å². The predicted molar refractivity (Wildman–Crippen MR) is 122 cm³/mol. The van der Waals surface area contributed by atoms with E-state index in [0.29, 0.717) is 28.5 Å². The van der Waals surface area contributed by atoms with E-state index in [4.69, 9.17) is 14.2 Å². The van der Waals surface area contributed by atoms with E-state index in [9.17, 15) is 14.4 Å². The predicted octanol–water partition coefficient (Wildman–Crippen LogP) is 4.15. The molecule has 0 aromatic heterocycles. The molecule has 162 valence electrons. The van der Waals surface area contributed by atoms with Crippen LogP contribution in [0.1, 0.15) is 5.56 Å². The number of ether oxygens (including phenoxy) is 3. The fourth-order valence-electron chi connectivity index (χ4n) is 2.82. The van der Waals surface area contributed by atoms with Crippen LogP contribution in [-0.4, -0.2) is 49.8 Å². The molecule has 1 aliphatic rings. The van der Waals surface area contributed by atoms with Crippen LogP contribution in [0.3, 0.4) is 0 Å². The number of nitrogens with one attached hydrogen (secondary N) is 1. The van der Waals surface area contributed by atoms with Crippen molar-refractivity contribution >= 4 is 56.5 Å². The Kier molecular flexibility index (Phi) is 7.24. The lowest BCUT2D eigenvalue weighted by molar-refractivity contribution is -0.127. The van der Waals surface area contributed by atoms with Gasteiger partial charge in [-0.3, -0.25) is 19.3 Å². The maximum Gasteiger partial charge on any atom is 0.294 e. The van der Waals surface area contributed by atoms with E-state index in [1.807, 2.05) is 0 Å². The van der Waals surface area contributed by atoms with Crippen LogP contribution in [0, 0.1) is 0 Å². The van der Waals surface area contributed by atoms with Gasteiger partial charge in [0.1, 0.15) is 12.3 Å². The van der Waals surface area contributed by atoms with Gasteiger partial charge in [-0.2, -0.15) is 0 Å². The van der Waals surface area contributed by atoms with Crippen molar-refractivity contribution in [3.8, 4) is 17.2 Å². The molecule has 0 atom stereocenters. The minimum atomic E-state index is -0.558. The summed E-state index contributed by atoms with van der Waals surface area (Å²) in [5.74, 6) is 0.321. The van der Waals surface area contributed by atoms with Crippen molar-refractivity contribution < 1.29 is 28.6 Å². The van der Waals surface area contributed by atoms with Crippen LogP contribution >= 0.6 is 27.7 Å². The van der Waals surface area contributed by atoms with Gasteiger partial charge in [-0.1, -0.05) is 15.9 Å². The van der Waals surface area contributed by atoms with Crippen LogP contribution in [0.15, 0.2) is 45.8 Å². The van der Waals surface area contributed by atoms with Gasteiger partial charge in [0.05, 0.1) is 26.2 Å². The molecule has 0 bridgehead atoms. The molecule has 2 aromatic carbocycles. The molecule has 1 heterocycles. The van der Waals surface area contributed by atoms with Crippen LogP contribution in [0.4, 0.5) is 10.5 Å². The number of anilines is 1. The molecule has 8 nitrogen and oxygen atoms in total. The summed E-state index contributed by atoms with van der Waals surface area (Å²) in [7, 11) is 4.48. The van der Waals surface area contributed by atoms with E-state index in [-0.39, 0.29) is 11.4 Å². The fourth-order valence-corrected chi connectivity index (χ4v) is 3.91. The van der Waals surface area contributed by atoms with Crippen molar-refractivity contribution in [3.63, 3.8) is 0 Å². The molecule has 1 saturated heterocycles. The molecule has 3 rings (SSSR count). The van der Waals surface area contributed by atoms with Crippen molar-refractivity contribution in [2.75, 3.05) is 33.2 Å². The zero-order valence-electron chi connectivity index (χ0n) is 16.9. The van der Waals surface area contributed by atoms with Crippen molar-refractivity contribution in [2.24, 2.45) is 0 Å². The summed E-state index contributed by atoms with van der Waals surface area (Å²) in [6.07, 6.45) is 1.53. The average molecular weight is 507 g/mol. The summed E-state index contributed by atoms with van der Waals surface area (Å²) < 4.78 is 16.8. The maximum absolute atomic E-state index is 12.8. The summed E-state index contributed by atoms with van der Waals surface area (Å²) in [5, 5.41) is 2.14. The fraction of sp³-hybridized carbons (Fsp3) is 0.190. The lowest BCUT2D eigenvalue weighted by Crippen LogP contribution is -2.36. The minimum absolute atomic E-state index is 0.173. The van der Waals surface area contributed by atoms with Gasteiger partial charge >= 0.3 is 0 Å². The van der Waals surface area contributed by atoms with E-state index < -0.39 is 17.1 Å². The molecule has 1 N–H and O–H groups in total. The summed E-state index contributed by atoms with van der Waals surface area (Å²) in [6, 6.07) is 10.2. The third-order valence-electron chi connectivity index (χ3n) is 4.33. The molecular weight excluding hydrogens is 488 g/mol. The topological polar surface area (TPSA) is 94.2 Å². The zero-order valence-corrected chi connectivity index (χ0v) is 19.3. The van der Waals surface area contributed by atoms with Gasteiger partial charge in [0, 0.05) is 21.8 Å². The number of thioether (sulfide) groups is 1. The lowest BCUT2D eigenvalue weighted by Gasteiger charge is -2.13. The number of amides is 3. The minimum Gasteiger partial charge on any atom is -0.496 e. The summed E-state index contributed by atoms with van der Waals surface area (Å²) in [4.78, 5) is 38.5. The number of hydrogen-bond acceptors (Lipinski definition) is 7. The van der Waals surface area contributed by atoms with Gasteiger partial charge in [0.2, 0.25) is 5.91 Å². The third kappa shape index (κ3) is 5.20. The Morgan fingerprint density at radius 3 is 2.26 bits per heavy atom. The molecule has 0 spiro atoms. The number of rotatable bonds is 7. The van der Waals surface area contributed by atoms with Gasteiger partial charge in [-0.25, -0.2) is 0 Å². The standard InChI is InChI=1S/C21H19BrN2O6S/c1-28-15-10-17(30-3)16(29-2)8-12(15)9-18-20(26)24(21(27)31-18)11-19(25)23-14-6-4-13(22)5-7-14/h4-10H,11H2,1-3H3,(H,23,25)/b18-9+. The van der Waals surface area contributed by atoms with E-state index in [2.05, 4.69) is 21.2 Å². The Balaban J connectivity index is 1.78. The quantitative estimate of drug-likeness (QED) is 0.563. The van der Waals surface area contributed by atoms with E-state index in [1.165, 1.54) is 27.4 Å². The van der Waals surface area contributed by atoms with Crippen molar-refractivity contribution in [1.29, 1.82) is 0 Å². The number of nitrogens with zero attached hydrogens (tertiary/aromatic N) is 1. The number of methoxy groups -OCH3 is 3. The van der Waals surface area contributed by atoms with Gasteiger partial charge in [0.15, 0.2) is 11.5 Å². The zero-order chi connectivity index (χ0) is 22.5. The number of halogens is 1. The maximum atomic E-state index is 12.8. The highest BCUT2D eigenvalue weighted by Crippen LogP contribution is 2.38. The van der Waals surface area contributed by atoms with E-state index in [1.54, 1.807) is 36.4 Å². The van der Waals surface area contributed by atoms with Crippen LogP contribution < -0.4 is 19.5 Å². The molecule has 1 aliphatic heterocycles. The molecule has 3 amide bonds. The largest absolute Gasteiger partial charge is 0.496 e. The monoisotopic (exact) mass is 506 g/mol. The molecular formula is C21H19BrN2O6S. The Bertz CT molecular complexity index is 1050. The lowest BCUT2D eigenvalue weighted by atomic mass is 10.1. The average Bonchev–Trinajstić information content (AvgIpc) is 3.02. The molecule has 0 unspecified atom stereocenters. The van der Waals surface area contributed by atoms with Gasteiger partial charge in [-0.05, 0) is 48.2 Å². The highest BCUT2D eigenvalue weighted by molar-refractivity contribution is 9.10. The molecule has 31 heavy (non-hydrogen) atoms. The summed E-state index contributed by atoms with van der Waals surface area (Å²) in [6.45, 7) is -0.388. The highest BCUT2D eigenvalue weighted by Gasteiger charge is 2.36. The molecule has 0 radical (unpaired) electrons. The van der Waals surface area contributed by atoms with E-state index >= 15 is 0 Å². The first-order valence-electron chi connectivity index (χ1n) is 8.97. The number of carbonyl (C=O) groups is 3. The van der Waals surface area contributed by atoms with Crippen LogP contribution in [0.25, 0.3) is 6.08 Å². The van der Waals surface area contributed by atoms with Crippen LogP contribution in [0.2, 0.25) is 0 Å². The molecule has 1 fully saturated rings. The second-order valence-corrected chi connectivity index (χ2v) is 8.18. The Morgan fingerprint density at radius 2 is 1.65 bits per heavy atom. The molecule has 10 heteroatoms. The Labute approximate surface area is 191 Å². The summed E-state index contributed by atoms with van der Waals surface area (Å²) >= 11 is 4.07. The Hall–Kier alpha value is -2.98. The Morgan fingerprint density at radius 1 is 1.03 bits per heavy atom. The number of imide groups is 1. The number of benzene rings is 2. The molecule has 2 aromatic rings. The second-order valence-electron chi connectivity index (χ2n) is 6.27. The van der Waals surface area contributed by atoms with Crippen LogP contribution in [-0.2, 0) is 9.59 Å². The number of carbonyl (C=O) groups excluding carboxylic acids is 3.